The molecule has 186 valence electrons. The van der Waals surface area contributed by atoms with Gasteiger partial charge in [-0.2, -0.15) is 0 Å². The molecule has 2 aromatic rings. The summed E-state index contributed by atoms with van der Waals surface area (Å²) >= 11 is 0. The minimum atomic E-state index is 0. The maximum Gasteiger partial charge on any atom is 4.00 e. The molecule has 0 atom stereocenters. The van der Waals surface area contributed by atoms with Gasteiger partial charge in [0, 0.05) is 11.1 Å². The predicted molar refractivity (Wildman–Crippen MR) is 99.8 cm³/mol. The van der Waals surface area contributed by atoms with Crippen molar-refractivity contribution in [2.75, 3.05) is 13.2 Å². The number of halogens is 6. The van der Waals surface area contributed by atoms with Gasteiger partial charge >= 0.3 is 21.1 Å². The first kappa shape index (κ1) is 46.0. The second-order valence-corrected chi connectivity index (χ2v) is 5.63. The molecule has 0 radical (unpaired) electrons. The van der Waals surface area contributed by atoms with Crippen molar-refractivity contribution < 1.29 is 132 Å². The van der Waals surface area contributed by atoms with Gasteiger partial charge in [0.05, 0.1) is 13.2 Å². The Hall–Kier alpha value is 0.548. The summed E-state index contributed by atoms with van der Waals surface area (Å²) in [6.45, 7) is 1.29. The second kappa shape index (κ2) is 26.2. The average molecular weight is 1010 g/mol. The SMILES string of the molecule is N=C(N)c1ccc(OCCCCCOc2ccc(C(=N)N)cc2)cc1.[Br-].[Br-].[Br-].[Br-].[Br-].[Br-].[Pt+4]. The molecule has 0 aromatic heterocycles. The topological polar surface area (TPSA) is 118 Å². The Kier molecular flexibility index (Phi) is 37.6. The number of unbranched alkanes of at least 4 members (excludes halogenated alkanes) is 2. The van der Waals surface area contributed by atoms with Crippen LogP contribution in [-0.2, 0) is 21.1 Å². The maximum absolute atomic E-state index is 7.34. The zero-order valence-corrected chi connectivity index (χ0v) is 28.5. The number of nitrogens with two attached hydrogens (primary N) is 2. The number of hydrogen-bond acceptors (Lipinski definition) is 4. The molecule has 0 aliphatic rings. The van der Waals surface area contributed by atoms with Crippen molar-refractivity contribution in [1.29, 1.82) is 10.8 Å². The molecule has 0 heterocycles. The van der Waals surface area contributed by atoms with Gasteiger partial charge in [-0.1, -0.05) is 0 Å². The molecule has 13 heteroatoms. The molecule has 0 aliphatic carbocycles. The molecule has 0 saturated carbocycles. The summed E-state index contributed by atoms with van der Waals surface area (Å²) < 4.78 is 11.3. The molecule has 0 aliphatic heterocycles. The van der Waals surface area contributed by atoms with E-state index in [1.54, 1.807) is 24.3 Å². The van der Waals surface area contributed by atoms with Crippen molar-refractivity contribution in [3.63, 3.8) is 0 Å². The molecule has 0 fully saturated rings. The Morgan fingerprint density at radius 2 is 0.844 bits per heavy atom. The van der Waals surface area contributed by atoms with Gasteiger partial charge in [0.1, 0.15) is 23.2 Å². The van der Waals surface area contributed by atoms with Crippen molar-refractivity contribution >= 4 is 11.7 Å². The van der Waals surface area contributed by atoms with Crippen molar-refractivity contribution in [1.82, 2.24) is 0 Å². The van der Waals surface area contributed by atoms with Gasteiger partial charge in [-0.05, 0) is 67.8 Å². The predicted octanol–water partition coefficient (Wildman–Crippen LogP) is -15.1. The fourth-order valence-electron chi connectivity index (χ4n) is 2.22. The monoisotopic (exact) mass is 1010 g/mol. The summed E-state index contributed by atoms with van der Waals surface area (Å²) in [5.74, 6) is 1.68. The van der Waals surface area contributed by atoms with Gasteiger partial charge in [0.25, 0.3) is 0 Å². The summed E-state index contributed by atoms with van der Waals surface area (Å²) in [4.78, 5) is 0. The number of amidine groups is 2. The average Bonchev–Trinajstić information content (AvgIpc) is 2.61. The third-order valence-corrected chi connectivity index (χ3v) is 3.66. The summed E-state index contributed by atoms with van der Waals surface area (Å²) in [6, 6.07) is 14.4. The van der Waals surface area contributed by atoms with Crippen LogP contribution in [0.15, 0.2) is 48.5 Å². The van der Waals surface area contributed by atoms with E-state index in [1.807, 2.05) is 24.3 Å². The summed E-state index contributed by atoms with van der Waals surface area (Å²) in [5, 5.41) is 14.7. The van der Waals surface area contributed by atoms with E-state index < -0.39 is 0 Å². The molecule has 6 nitrogen and oxygen atoms in total. The van der Waals surface area contributed by atoms with Gasteiger partial charge in [0.15, 0.2) is 0 Å². The number of nitrogens with one attached hydrogen (secondary N) is 2. The first-order valence-electron chi connectivity index (χ1n) is 8.21. The zero-order valence-electron chi connectivity index (χ0n) is 16.7. The normalized spacial score (nSPS) is 8.00. The number of benzene rings is 2. The van der Waals surface area contributed by atoms with Gasteiger partial charge in [-0.15, -0.1) is 0 Å². The van der Waals surface area contributed by atoms with E-state index in [9.17, 15) is 0 Å². The molecule has 0 spiro atoms. The van der Waals surface area contributed by atoms with Crippen LogP contribution in [0.1, 0.15) is 30.4 Å². The zero-order chi connectivity index (χ0) is 18.1. The van der Waals surface area contributed by atoms with E-state index in [1.165, 1.54) is 0 Å². The Morgan fingerprint density at radius 3 is 1.09 bits per heavy atom. The molecule has 6 N–H and O–H groups in total. The fraction of sp³-hybridized carbons (Fsp3) is 0.263. The molecule has 0 bridgehead atoms. The van der Waals surface area contributed by atoms with E-state index in [-0.39, 0.29) is 135 Å². The largest absolute Gasteiger partial charge is 4.00 e. The molecular weight excluding hydrogens is 991 g/mol. The van der Waals surface area contributed by atoms with Gasteiger partial charge in [-0.3, -0.25) is 10.8 Å². The van der Waals surface area contributed by atoms with Crippen molar-refractivity contribution in [3.05, 3.63) is 59.7 Å². The van der Waals surface area contributed by atoms with Crippen LogP contribution in [-0.4, -0.2) is 24.9 Å². The summed E-state index contributed by atoms with van der Waals surface area (Å²) in [5.41, 5.74) is 12.2. The van der Waals surface area contributed by atoms with Crippen LogP contribution in [0.5, 0.6) is 11.5 Å². The molecule has 0 unspecified atom stereocenters. The fourth-order valence-corrected chi connectivity index (χ4v) is 2.22. The van der Waals surface area contributed by atoms with Crippen LogP contribution in [0.25, 0.3) is 0 Å². The Morgan fingerprint density at radius 1 is 0.562 bits per heavy atom. The first-order chi connectivity index (χ1) is 12.1. The number of rotatable bonds is 10. The Bertz CT molecular complexity index is 663. The second-order valence-electron chi connectivity index (χ2n) is 5.63. The number of ether oxygens (including phenoxy) is 2. The number of hydrogen-bond donors (Lipinski definition) is 4. The Labute approximate surface area is 267 Å². The van der Waals surface area contributed by atoms with E-state index in [2.05, 4.69) is 0 Å². The molecule has 2 rings (SSSR count). The van der Waals surface area contributed by atoms with E-state index in [4.69, 9.17) is 31.8 Å². The van der Waals surface area contributed by atoms with Crippen LogP contribution in [0, 0.1) is 10.8 Å². The third kappa shape index (κ3) is 17.9. The summed E-state index contributed by atoms with van der Waals surface area (Å²) in [7, 11) is 0. The standard InChI is InChI=1S/C19H24N4O2.6BrH.Pt/c20-18(21)14-4-8-16(9-5-14)24-12-2-1-3-13-25-17-10-6-15(7-11-17)19(22)23;;;;;;;/h4-11H,1-3,12-13H2,(H3,20,21)(H3,22,23);6*1H;/q;;;;;;;+4/p-6. The van der Waals surface area contributed by atoms with Crippen LogP contribution in [0.2, 0.25) is 0 Å². The van der Waals surface area contributed by atoms with Crippen LogP contribution in [0.4, 0.5) is 0 Å². The first-order valence-corrected chi connectivity index (χ1v) is 8.21. The minimum Gasteiger partial charge on any atom is -1.00 e. The van der Waals surface area contributed by atoms with E-state index in [0.29, 0.717) is 24.3 Å². The Balaban J connectivity index is -0.000000241. The summed E-state index contributed by atoms with van der Waals surface area (Å²) in [6.07, 6.45) is 2.90. The van der Waals surface area contributed by atoms with Crippen LogP contribution in [0.3, 0.4) is 0 Å². The molecule has 2 aromatic carbocycles. The van der Waals surface area contributed by atoms with Gasteiger partial charge in [0.2, 0.25) is 0 Å². The quantitative estimate of drug-likeness (QED) is 0.108. The van der Waals surface area contributed by atoms with Crippen molar-refractivity contribution in [3.8, 4) is 11.5 Å². The number of nitrogen functional groups attached to an aromatic ring is 2. The van der Waals surface area contributed by atoms with Gasteiger partial charge < -0.3 is 123 Å². The van der Waals surface area contributed by atoms with Gasteiger partial charge in [-0.25, -0.2) is 0 Å². The third-order valence-electron chi connectivity index (χ3n) is 3.66. The van der Waals surface area contributed by atoms with E-state index in [0.717, 1.165) is 30.8 Å². The van der Waals surface area contributed by atoms with Crippen LogP contribution >= 0.6 is 0 Å². The molecule has 32 heavy (non-hydrogen) atoms. The smallest absolute Gasteiger partial charge is 1.00 e. The molecule has 0 amide bonds. The minimum absolute atomic E-state index is 0. The maximum atomic E-state index is 7.34. The van der Waals surface area contributed by atoms with E-state index >= 15 is 0 Å². The van der Waals surface area contributed by atoms with Crippen LogP contribution < -0.4 is 123 Å². The van der Waals surface area contributed by atoms with Crippen molar-refractivity contribution in [2.24, 2.45) is 11.5 Å². The van der Waals surface area contributed by atoms with Crippen molar-refractivity contribution in [2.45, 2.75) is 19.3 Å². The molecule has 0 saturated heterocycles. The molecular formula is C19H24Br6N4O2Pt-2.